The molecule has 2 atom stereocenters. The summed E-state index contributed by atoms with van der Waals surface area (Å²) in [6.45, 7) is 1.56. The minimum atomic E-state index is -0.962. The van der Waals surface area contributed by atoms with Gasteiger partial charge in [-0.25, -0.2) is 0 Å². The maximum atomic E-state index is 12.4. The lowest BCUT2D eigenvalue weighted by molar-refractivity contribution is -0.385. The molecule has 1 aliphatic carbocycles. The number of aliphatic carboxylic acids is 1. The lowest BCUT2D eigenvalue weighted by atomic mass is 9.78. The van der Waals surface area contributed by atoms with Gasteiger partial charge in [0, 0.05) is 6.07 Å². The number of carboxylic acid groups (broad SMARTS) is 1. The van der Waals surface area contributed by atoms with Crippen LogP contribution in [0.2, 0.25) is 0 Å². The molecule has 118 valence electrons. The minimum Gasteiger partial charge on any atom is -0.481 e. The third kappa shape index (κ3) is 3.24. The first kappa shape index (κ1) is 15.9. The summed E-state index contributed by atoms with van der Waals surface area (Å²) in [5.41, 5.74) is 0.647. The molecular weight excluding hydrogens is 288 g/mol. The van der Waals surface area contributed by atoms with Crippen LogP contribution in [0.25, 0.3) is 0 Å². The fourth-order valence-corrected chi connectivity index (χ4v) is 2.92. The number of rotatable bonds is 4. The number of hydrogen-bond acceptors (Lipinski definition) is 4. The van der Waals surface area contributed by atoms with Gasteiger partial charge in [-0.15, -0.1) is 0 Å². The molecule has 1 aromatic carbocycles. The van der Waals surface area contributed by atoms with Gasteiger partial charge in [0.1, 0.15) is 0 Å². The van der Waals surface area contributed by atoms with Crippen LogP contribution in [0.4, 0.5) is 11.4 Å². The largest absolute Gasteiger partial charge is 0.481 e. The second-order valence-electron chi connectivity index (χ2n) is 5.53. The minimum absolute atomic E-state index is 0.0729. The van der Waals surface area contributed by atoms with Crippen molar-refractivity contribution >= 4 is 23.3 Å². The fraction of sp³-hybridized carbons (Fsp3) is 0.467. The molecule has 1 saturated carbocycles. The summed E-state index contributed by atoms with van der Waals surface area (Å²) in [6, 6.07) is 4.45. The van der Waals surface area contributed by atoms with Crippen molar-refractivity contribution in [2.45, 2.75) is 32.6 Å². The zero-order valence-corrected chi connectivity index (χ0v) is 12.2. The van der Waals surface area contributed by atoms with Crippen LogP contribution >= 0.6 is 0 Å². The lowest BCUT2D eigenvalue weighted by Gasteiger charge is -2.27. The number of carbonyl (C=O) groups is 2. The number of nitrogens with zero attached hydrogens (tertiary/aromatic N) is 1. The van der Waals surface area contributed by atoms with Crippen molar-refractivity contribution in [3.8, 4) is 0 Å². The van der Waals surface area contributed by atoms with E-state index in [4.69, 9.17) is 0 Å². The Hall–Kier alpha value is -2.44. The fourth-order valence-electron chi connectivity index (χ4n) is 2.92. The topological polar surface area (TPSA) is 110 Å². The van der Waals surface area contributed by atoms with Crippen molar-refractivity contribution in [3.05, 3.63) is 33.9 Å². The summed E-state index contributed by atoms with van der Waals surface area (Å²) in [7, 11) is 0. The zero-order valence-electron chi connectivity index (χ0n) is 12.2. The van der Waals surface area contributed by atoms with Crippen LogP contribution in [-0.2, 0) is 9.59 Å². The molecule has 2 rings (SSSR count). The van der Waals surface area contributed by atoms with Crippen LogP contribution in [0.3, 0.4) is 0 Å². The van der Waals surface area contributed by atoms with E-state index >= 15 is 0 Å². The zero-order chi connectivity index (χ0) is 16.3. The van der Waals surface area contributed by atoms with E-state index in [1.54, 1.807) is 13.0 Å². The maximum absolute atomic E-state index is 12.4. The van der Waals surface area contributed by atoms with Gasteiger partial charge in [-0.1, -0.05) is 18.9 Å². The highest BCUT2D eigenvalue weighted by Crippen LogP contribution is 2.32. The molecule has 0 saturated heterocycles. The molecule has 1 fully saturated rings. The molecular formula is C15H18N2O5. The molecule has 0 unspecified atom stereocenters. The Morgan fingerprint density at radius 2 is 1.91 bits per heavy atom. The third-order valence-corrected chi connectivity index (χ3v) is 4.18. The normalized spacial score (nSPS) is 21.1. The molecule has 7 nitrogen and oxygen atoms in total. The molecule has 7 heteroatoms. The van der Waals surface area contributed by atoms with E-state index in [1.807, 2.05) is 0 Å². The van der Waals surface area contributed by atoms with Crippen molar-refractivity contribution in [1.82, 2.24) is 0 Å². The van der Waals surface area contributed by atoms with Crippen LogP contribution in [0.1, 0.15) is 31.2 Å². The number of nitro groups is 1. The first-order chi connectivity index (χ1) is 10.4. The van der Waals surface area contributed by atoms with Gasteiger partial charge in [-0.2, -0.15) is 0 Å². The SMILES string of the molecule is Cc1c(NC(=O)[C@@H]2CCCC[C@@H]2C(=O)O)cccc1[N+](=O)[O-]. The molecule has 0 aromatic heterocycles. The van der Waals surface area contributed by atoms with E-state index < -0.39 is 22.7 Å². The monoisotopic (exact) mass is 306 g/mol. The van der Waals surface area contributed by atoms with Crippen LogP contribution in [-0.4, -0.2) is 21.9 Å². The van der Waals surface area contributed by atoms with Gasteiger partial charge in [0.05, 0.1) is 28.0 Å². The van der Waals surface area contributed by atoms with Crippen LogP contribution < -0.4 is 5.32 Å². The highest BCUT2D eigenvalue weighted by Gasteiger charge is 2.36. The number of benzene rings is 1. The van der Waals surface area contributed by atoms with Gasteiger partial charge in [0.25, 0.3) is 5.69 Å². The van der Waals surface area contributed by atoms with Crippen molar-refractivity contribution in [2.24, 2.45) is 11.8 Å². The average Bonchev–Trinajstić information content (AvgIpc) is 2.49. The van der Waals surface area contributed by atoms with E-state index in [2.05, 4.69) is 5.32 Å². The van der Waals surface area contributed by atoms with Gasteiger partial charge >= 0.3 is 5.97 Å². The number of carboxylic acids is 1. The number of nitrogens with one attached hydrogen (secondary N) is 1. The second kappa shape index (κ2) is 6.55. The van der Waals surface area contributed by atoms with Crippen LogP contribution in [0, 0.1) is 28.9 Å². The Morgan fingerprint density at radius 3 is 2.50 bits per heavy atom. The second-order valence-corrected chi connectivity index (χ2v) is 5.53. The van der Waals surface area contributed by atoms with Gasteiger partial charge in [0.2, 0.25) is 5.91 Å². The summed E-state index contributed by atoms with van der Waals surface area (Å²) in [5, 5.41) is 22.8. The van der Waals surface area contributed by atoms with Crippen molar-refractivity contribution in [2.75, 3.05) is 5.32 Å². The van der Waals surface area contributed by atoms with Crippen LogP contribution in [0.15, 0.2) is 18.2 Å². The Morgan fingerprint density at radius 1 is 1.27 bits per heavy atom. The molecule has 1 amide bonds. The highest BCUT2D eigenvalue weighted by atomic mass is 16.6. The Labute approximate surface area is 127 Å². The molecule has 0 bridgehead atoms. The predicted octanol–water partition coefficient (Wildman–Crippen LogP) is 2.73. The standard InChI is InChI=1S/C15H18N2O5/c1-9-12(7-4-8-13(9)17(21)22)16-14(18)10-5-2-3-6-11(10)15(19)20/h4,7-8,10-11H,2-3,5-6H2,1H3,(H,16,18)(H,19,20)/t10-,11+/m1/s1. The van der Waals surface area contributed by atoms with Crippen molar-refractivity contribution in [3.63, 3.8) is 0 Å². The number of anilines is 1. The van der Waals surface area contributed by atoms with Crippen LogP contribution in [0.5, 0.6) is 0 Å². The van der Waals surface area contributed by atoms with E-state index in [0.717, 1.165) is 12.8 Å². The quantitative estimate of drug-likeness (QED) is 0.656. The summed E-state index contributed by atoms with van der Waals surface area (Å²) < 4.78 is 0. The maximum Gasteiger partial charge on any atom is 0.307 e. The predicted molar refractivity (Wildman–Crippen MR) is 79.5 cm³/mol. The van der Waals surface area contributed by atoms with Gasteiger partial charge < -0.3 is 10.4 Å². The lowest BCUT2D eigenvalue weighted by Crippen LogP contribution is -2.36. The molecule has 22 heavy (non-hydrogen) atoms. The van der Waals surface area contributed by atoms with Gasteiger partial charge in [-0.05, 0) is 25.8 Å². The van der Waals surface area contributed by atoms with E-state index in [-0.39, 0.29) is 11.6 Å². The third-order valence-electron chi connectivity index (χ3n) is 4.18. The Balaban J connectivity index is 2.19. The Kier molecular flexibility index (Phi) is 4.75. The average molecular weight is 306 g/mol. The molecule has 0 heterocycles. The Bertz CT molecular complexity index is 614. The summed E-state index contributed by atoms with van der Waals surface area (Å²) in [4.78, 5) is 34.0. The summed E-state index contributed by atoms with van der Waals surface area (Å²) in [5.74, 6) is -2.62. The summed E-state index contributed by atoms with van der Waals surface area (Å²) >= 11 is 0. The van der Waals surface area contributed by atoms with Gasteiger partial charge in [-0.3, -0.25) is 19.7 Å². The first-order valence-corrected chi connectivity index (χ1v) is 7.19. The van der Waals surface area contributed by atoms with E-state index in [9.17, 15) is 24.8 Å². The van der Waals surface area contributed by atoms with E-state index in [1.165, 1.54) is 12.1 Å². The molecule has 0 aliphatic heterocycles. The highest BCUT2D eigenvalue weighted by molar-refractivity contribution is 5.96. The van der Waals surface area contributed by atoms with Crippen molar-refractivity contribution < 1.29 is 19.6 Å². The molecule has 0 spiro atoms. The number of amides is 1. The molecule has 1 aliphatic rings. The number of carbonyl (C=O) groups excluding carboxylic acids is 1. The molecule has 0 radical (unpaired) electrons. The van der Waals surface area contributed by atoms with E-state index in [0.29, 0.717) is 24.1 Å². The summed E-state index contributed by atoms with van der Waals surface area (Å²) in [6.07, 6.45) is 2.63. The van der Waals surface area contributed by atoms with Crippen molar-refractivity contribution in [1.29, 1.82) is 0 Å². The smallest absolute Gasteiger partial charge is 0.307 e. The molecule has 2 N–H and O–H groups in total. The van der Waals surface area contributed by atoms with Gasteiger partial charge in [0.15, 0.2) is 0 Å². The first-order valence-electron chi connectivity index (χ1n) is 7.19. The molecule has 1 aromatic rings. The number of hydrogen-bond donors (Lipinski definition) is 2. The number of nitro benzene ring substituents is 1.